The summed E-state index contributed by atoms with van der Waals surface area (Å²) in [6.07, 6.45) is 1.28. The molecule has 1 unspecified atom stereocenters. The minimum atomic E-state index is -3.67. The Morgan fingerprint density at radius 1 is 1.15 bits per heavy atom. The van der Waals surface area contributed by atoms with E-state index in [1.54, 1.807) is 26.0 Å². The lowest BCUT2D eigenvalue weighted by atomic mass is 10.1. The van der Waals surface area contributed by atoms with Gasteiger partial charge < -0.3 is 0 Å². The van der Waals surface area contributed by atoms with Crippen molar-refractivity contribution in [3.63, 3.8) is 0 Å². The van der Waals surface area contributed by atoms with Gasteiger partial charge in [-0.1, -0.05) is 12.1 Å². The second-order valence-electron chi connectivity index (χ2n) is 4.65. The van der Waals surface area contributed by atoms with Gasteiger partial charge in [-0.3, -0.25) is 0 Å². The predicted molar refractivity (Wildman–Crippen MR) is 78.2 cm³/mol. The molecule has 0 spiro atoms. The number of nitrogens with two attached hydrogens (primary N) is 1. The Kier molecular flexibility index (Phi) is 5.69. The first-order chi connectivity index (χ1) is 9.14. The van der Waals surface area contributed by atoms with Gasteiger partial charge in [-0.15, -0.1) is 0 Å². The van der Waals surface area contributed by atoms with Gasteiger partial charge in [-0.25, -0.2) is 26.7 Å². The van der Waals surface area contributed by atoms with E-state index in [0.717, 1.165) is 5.56 Å². The van der Waals surface area contributed by atoms with E-state index in [2.05, 4.69) is 4.72 Å². The van der Waals surface area contributed by atoms with Crippen LogP contribution >= 0.6 is 0 Å². The Labute approximate surface area is 120 Å². The zero-order valence-electron chi connectivity index (χ0n) is 11.5. The molecule has 0 aliphatic heterocycles. The van der Waals surface area contributed by atoms with Gasteiger partial charge in [-0.05, 0) is 44.4 Å². The van der Waals surface area contributed by atoms with Gasteiger partial charge in [0.05, 0.1) is 10.6 Å². The van der Waals surface area contributed by atoms with Crippen molar-refractivity contribution in [1.82, 2.24) is 4.72 Å². The van der Waals surface area contributed by atoms with Gasteiger partial charge >= 0.3 is 0 Å². The van der Waals surface area contributed by atoms with E-state index >= 15 is 0 Å². The summed E-state index contributed by atoms with van der Waals surface area (Å²) in [7, 11) is -6.86. The van der Waals surface area contributed by atoms with Gasteiger partial charge in [0.1, 0.15) is 0 Å². The number of hydrogen-bond donors (Lipinski definition) is 2. The maximum atomic E-state index is 11.4. The van der Waals surface area contributed by atoms with Crippen LogP contribution in [0.25, 0.3) is 0 Å². The standard InChI is InChI=1S/C12H20N2O4S2/c1-3-19(15,16)14-10(2)4-5-11-6-8-12(9-7-11)20(13,17)18/h6-10,14H,3-5H2,1-2H3,(H2,13,17,18). The minimum Gasteiger partial charge on any atom is -0.225 e. The second kappa shape index (κ2) is 6.66. The summed E-state index contributed by atoms with van der Waals surface area (Å²) in [5, 5.41) is 5.01. The number of nitrogens with one attached hydrogen (secondary N) is 1. The van der Waals surface area contributed by atoms with Crippen molar-refractivity contribution in [2.45, 2.75) is 37.6 Å². The van der Waals surface area contributed by atoms with Gasteiger partial charge in [-0.2, -0.15) is 0 Å². The Morgan fingerprint density at radius 2 is 1.70 bits per heavy atom. The van der Waals surface area contributed by atoms with Gasteiger partial charge in [0.2, 0.25) is 20.0 Å². The molecule has 0 amide bonds. The van der Waals surface area contributed by atoms with Crippen LogP contribution < -0.4 is 9.86 Å². The Balaban J connectivity index is 2.59. The number of sulfonamides is 2. The first kappa shape index (κ1) is 17.1. The molecule has 1 aromatic carbocycles. The first-order valence-corrected chi connectivity index (χ1v) is 9.45. The van der Waals surface area contributed by atoms with E-state index in [1.165, 1.54) is 12.1 Å². The summed E-state index contributed by atoms with van der Waals surface area (Å²) in [6, 6.07) is 6.09. The van der Waals surface area contributed by atoms with Crippen LogP contribution in [0.4, 0.5) is 0 Å². The number of aryl methyl sites for hydroxylation is 1. The van der Waals surface area contributed by atoms with Crippen LogP contribution in [0.2, 0.25) is 0 Å². The lowest BCUT2D eigenvalue weighted by molar-refractivity contribution is 0.548. The zero-order valence-corrected chi connectivity index (χ0v) is 13.2. The number of benzene rings is 1. The SMILES string of the molecule is CCS(=O)(=O)NC(C)CCc1ccc(S(N)(=O)=O)cc1. The number of hydrogen-bond acceptors (Lipinski definition) is 4. The summed E-state index contributed by atoms with van der Waals surface area (Å²) < 4.78 is 47.5. The molecule has 0 aliphatic rings. The van der Waals surface area contributed by atoms with Crippen LogP contribution in [-0.4, -0.2) is 28.6 Å². The molecule has 0 saturated carbocycles. The third-order valence-electron chi connectivity index (χ3n) is 2.88. The third-order valence-corrected chi connectivity index (χ3v) is 5.33. The summed E-state index contributed by atoms with van der Waals surface area (Å²) in [5.74, 6) is 0.0559. The third kappa shape index (κ3) is 5.58. The number of primary sulfonamides is 1. The van der Waals surface area contributed by atoms with Crippen LogP contribution in [0.1, 0.15) is 25.8 Å². The average Bonchev–Trinajstić information content (AvgIpc) is 2.35. The van der Waals surface area contributed by atoms with Crippen molar-refractivity contribution in [1.29, 1.82) is 0 Å². The highest BCUT2D eigenvalue weighted by Crippen LogP contribution is 2.11. The van der Waals surface area contributed by atoms with Crippen molar-refractivity contribution >= 4 is 20.0 Å². The van der Waals surface area contributed by atoms with Crippen LogP contribution in [0.3, 0.4) is 0 Å². The molecule has 0 fully saturated rings. The molecule has 20 heavy (non-hydrogen) atoms. The summed E-state index contributed by atoms with van der Waals surface area (Å²) in [4.78, 5) is 0.0704. The van der Waals surface area contributed by atoms with Gasteiger partial charge in [0.15, 0.2) is 0 Å². The number of rotatable bonds is 7. The molecular weight excluding hydrogens is 300 g/mol. The molecular formula is C12H20N2O4S2. The van der Waals surface area contributed by atoms with E-state index < -0.39 is 20.0 Å². The molecule has 8 heteroatoms. The highest BCUT2D eigenvalue weighted by molar-refractivity contribution is 7.89. The normalized spacial score (nSPS) is 14.2. The van der Waals surface area contributed by atoms with Gasteiger partial charge in [0.25, 0.3) is 0 Å². The van der Waals surface area contributed by atoms with Crippen molar-refractivity contribution in [2.24, 2.45) is 5.14 Å². The molecule has 1 aromatic rings. The van der Waals surface area contributed by atoms with Crippen LogP contribution in [0, 0.1) is 0 Å². The lowest BCUT2D eigenvalue weighted by Gasteiger charge is -2.13. The molecule has 0 heterocycles. The molecule has 114 valence electrons. The van der Waals surface area contributed by atoms with Crippen LogP contribution in [-0.2, 0) is 26.5 Å². The molecule has 3 N–H and O–H groups in total. The summed E-state index contributed by atoms with van der Waals surface area (Å²) >= 11 is 0. The predicted octanol–water partition coefficient (Wildman–Crippen LogP) is 0.594. The Hall–Kier alpha value is -0.960. The summed E-state index contributed by atoms with van der Waals surface area (Å²) in [5.41, 5.74) is 0.931. The Morgan fingerprint density at radius 3 is 2.15 bits per heavy atom. The second-order valence-corrected chi connectivity index (χ2v) is 8.25. The van der Waals surface area contributed by atoms with E-state index in [9.17, 15) is 16.8 Å². The molecule has 0 bridgehead atoms. The maximum Gasteiger partial charge on any atom is 0.238 e. The largest absolute Gasteiger partial charge is 0.238 e. The van der Waals surface area contributed by atoms with Gasteiger partial charge in [0, 0.05) is 6.04 Å². The van der Waals surface area contributed by atoms with Crippen LogP contribution in [0.5, 0.6) is 0 Å². The fraction of sp³-hybridized carbons (Fsp3) is 0.500. The lowest BCUT2D eigenvalue weighted by Crippen LogP contribution is -2.34. The molecule has 0 aliphatic carbocycles. The fourth-order valence-electron chi connectivity index (χ4n) is 1.68. The quantitative estimate of drug-likeness (QED) is 0.767. The van der Waals surface area contributed by atoms with Crippen molar-refractivity contribution in [3.8, 4) is 0 Å². The first-order valence-electron chi connectivity index (χ1n) is 6.26. The van der Waals surface area contributed by atoms with Crippen molar-refractivity contribution in [3.05, 3.63) is 29.8 Å². The van der Waals surface area contributed by atoms with Crippen molar-refractivity contribution < 1.29 is 16.8 Å². The van der Waals surface area contributed by atoms with E-state index in [0.29, 0.717) is 12.8 Å². The molecule has 6 nitrogen and oxygen atoms in total. The highest BCUT2D eigenvalue weighted by Gasteiger charge is 2.12. The average molecular weight is 320 g/mol. The topological polar surface area (TPSA) is 106 Å². The van der Waals surface area contributed by atoms with E-state index in [1.807, 2.05) is 0 Å². The van der Waals surface area contributed by atoms with E-state index in [-0.39, 0.29) is 16.7 Å². The van der Waals surface area contributed by atoms with Crippen molar-refractivity contribution in [2.75, 3.05) is 5.75 Å². The monoisotopic (exact) mass is 320 g/mol. The molecule has 1 atom stereocenters. The molecule has 0 aromatic heterocycles. The van der Waals surface area contributed by atoms with Crippen LogP contribution in [0.15, 0.2) is 29.2 Å². The van der Waals surface area contributed by atoms with E-state index in [4.69, 9.17) is 5.14 Å². The maximum absolute atomic E-state index is 11.4. The highest BCUT2D eigenvalue weighted by atomic mass is 32.2. The molecule has 0 saturated heterocycles. The fourth-order valence-corrected chi connectivity index (χ4v) is 3.09. The zero-order chi connectivity index (χ0) is 15.4. The molecule has 1 rings (SSSR count). The smallest absolute Gasteiger partial charge is 0.225 e. The summed E-state index contributed by atoms with van der Waals surface area (Å²) in [6.45, 7) is 3.38. The minimum absolute atomic E-state index is 0.0559. The Bertz CT molecular complexity index is 637. The molecule has 0 radical (unpaired) electrons.